The Morgan fingerprint density at radius 3 is 2.44 bits per heavy atom. The number of likely N-dealkylation sites (N-methyl/N-ethyl adjacent to an activating group) is 1. The minimum atomic E-state index is -5.52. The third-order valence-electron chi connectivity index (χ3n) is 4.57. The Bertz CT molecular complexity index is 1310. The van der Waals surface area contributed by atoms with E-state index in [4.69, 9.17) is 11.6 Å². The van der Waals surface area contributed by atoms with Gasteiger partial charge in [-0.05, 0) is 31.8 Å². The van der Waals surface area contributed by atoms with Crippen LogP contribution in [0, 0.1) is 5.82 Å². The van der Waals surface area contributed by atoms with Crippen molar-refractivity contribution in [1.82, 2.24) is 9.88 Å². The van der Waals surface area contributed by atoms with Gasteiger partial charge in [0.2, 0.25) is 5.13 Å². The molecule has 0 saturated heterocycles. The maximum atomic E-state index is 15.1. The minimum Gasteiger partial charge on any atom is -0.376 e. The Labute approximate surface area is 213 Å². The van der Waals surface area contributed by atoms with Crippen LogP contribution < -0.4 is 9.79 Å². The van der Waals surface area contributed by atoms with Gasteiger partial charge in [0, 0.05) is 18.1 Å². The van der Waals surface area contributed by atoms with Crippen molar-refractivity contribution in [3.05, 3.63) is 70.4 Å². The second kappa shape index (κ2) is 11.0. The van der Waals surface area contributed by atoms with Crippen LogP contribution in [0.1, 0.15) is 11.6 Å². The number of anilines is 2. The van der Waals surface area contributed by atoms with Crippen LogP contribution in [0.4, 0.5) is 28.4 Å². The highest BCUT2D eigenvalue weighted by Gasteiger charge is 2.46. The second-order valence-corrected chi connectivity index (χ2v) is 10.6. The standard InChI is InChI=1S/C21H19ClF4N4O4S2/c1-29(2)12-17(13-6-4-3-5-7-13)28-16-11-15(23)18(10-14(16)22)36(32,33)30(20-27-8-9-35-20)34-19(31)21(24,25)26/h3-11,17,28H,12H2,1-2H3/t17-/m1/s1. The van der Waals surface area contributed by atoms with Crippen LogP contribution in [0.2, 0.25) is 5.02 Å². The van der Waals surface area contributed by atoms with Crippen LogP contribution in [-0.4, -0.2) is 51.1 Å². The summed E-state index contributed by atoms with van der Waals surface area (Å²) < 4.78 is 79.2. The number of benzene rings is 2. The molecule has 0 amide bonds. The number of nitrogens with zero attached hydrogens (tertiary/aromatic N) is 3. The fourth-order valence-electron chi connectivity index (χ4n) is 3.02. The molecule has 1 N–H and O–H groups in total. The number of carbonyl (C=O) groups is 1. The van der Waals surface area contributed by atoms with Crippen molar-refractivity contribution in [2.45, 2.75) is 17.1 Å². The molecule has 3 aromatic rings. The summed E-state index contributed by atoms with van der Waals surface area (Å²) in [6.07, 6.45) is -4.46. The summed E-state index contributed by atoms with van der Waals surface area (Å²) >= 11 is 6.81. The van der Waals surface area contributed by atoms with Crippen LogP contribution in [-0.2, 0) is 19.7 Å². The van der Waals surface area contributed by atoms with Crippen molar-refractivity contribution in [2.24, 2.45) is 0 Å². The Balaban J connectivity index is 2.00. The van der Waals surface area contributed by atoms with E-state index in [1.807, 2.05) is 49.3 Å². The number of hydrogen-bond donors (Lipinski definition) is 1. The highest BCUT2D eigenvalue weighted by atomic mass is 35.5. The molecule has 0 aliphatic carbocycles. The molecule has 0 fully saturated rings. The average Bonchev–Trinajstić information content (AvgIpc) is 3.32. The largest absolute Gasteiger partial charge is 0.493 e. The number of carbonyl (C=O) groups excluding carboxylic acids is 1. The van der Waals surface area contributed by atoms with Gasteiger partial charge in [-0.1, -0.05) is 46.4 Å². The van der Waals surface area contributed by atoms with Crippen molar-refractivity contribution in [2.75, 3.05) is 30.4 Å². The number of alkyl halides is 3. The SMILES string of the molecule is CN(C)C[C@@H](Nc1cc(F)c(S(=O)(=O)N(OC(=O)C(F)(F)F)c2nccs2)cc1Cl)c1ccccc1. The van der Waals surface area contributed by atoms with Gasteiger partial charge in [-0.15, -0.1) is 11.3 Å². The van der Waals surface area contributed by atoms with Gasteiger partial charge in [0.05, 0.1) is 16.8 Å². The molecule has 15 heteroatoms. The molecule has 8 nitrogen and oxygen atoms in total. The summed E-state index contributed by atoms with van der Waals surface area (Å²) in [5.41, 5.74) is 0.880. The van der Waals surface area contributed by atoms with Crippen molar-refractivity contribution in [3.8, 4) is 0 Å². The monoisotopic (exact) mass is 566 g/mol. The van der Waals surface area contributed by atoms with E-state index >= 15 is 4.39 Å². The molecule has 36 heavy (non-hydrogen) atoms. The number of halogens is 5. The van der Waals surface area contributed by atoms with E-state index in [2.05, 4.69) is 15.1 Å². The fraction of sp³-hybridized carbons (Fsp3) is 0.238. The van der Waals surface area contributed by atoms with Crippen molar-refractivity contribution >= 4 is 49.7 Å². The molecule has 194 valence electrons. The van der Waals surface area contributed by atoms with E-state index in [9.17, 15) is 26.4 Å². The molecule has 0 saturated carbocycles. The minimum absolute atomic E-state index is 0.0388. The van der Waals surface area contributed by atoms with E-state index in [0.717, 1.165) is 17.8 Å². The first-order chi connectivity index (χ1) is 16.8. The van der Waals surface area contributed by atoms with Gasteiger partial charge in [-0.25, -0.2) is 14.2 Å². The molecule has 1 aromatic heterocycles. The number of rotatable bonds is 9. The summed E-state index contributed by atoms with van der Waals surface area (Å²) in [7, 11) is -1.56. The van der Waals surface area contributed by atoms with Gasteiger partial charge >= 0.3 is 22.2 Å². The molecule has 1 heterocycles. The molecular formula is C21H19ClF4N4O4S2. The van der Waals surface area contributed by atoms with E-state index in [1.165, 1.54) is 5.38 Å². The average molecular weight is 567 g/mol. The molecule has 0 aliphatic heterocycles. The number of sulfonamides is 1. The first-order valence-electron chi connectivity index (χ1n) is 10.00. The molecule has 0 spiro atoms. The zero-order valence-electron chi connectivity index (χ0n) is 18.7. The fourth-order valence-corrected chi connectivity index (χ4v) is 5.39. The van der Waals surface area contributed by atoms with Crippen molar-refractivity contribution in [1.29, 1.82) is 0 Å². The lowest BCUT2D eigenvalue weighted by Crippen LogP contribution is -2.39. The zero-order valence-corrected chi connectivity index (χ0v) is 21.1. The smallest absolute Gasteiger partial charge is 0.376 e. The van der Waals surface area contributed by atoms with E-state index < -0.39 is 38.0 Å². The lowest BCUT2D eigenvalue weighted by molar-refractivity contribution is -0.199. The first kappa shape index (κ1) is 27.6. The van der Waals surface area contributed by atoms with Gasteiger partial charge in [0.1, 0.15) is 10.7 Å². The predicted molar refractivity (Wildman–Crippen MR) is 127 cm³/mol. The van der Waals surface area contributed by atoms with Crippen LogP contribution in [0.5, 0.6) is 0 Å². The summed E-state index contributed by atoms with van der Waals surface area (Å²) in [5.74, 6) is -4.18. The lowest BCUT2D eigenvalue weighted by Gasteiger charge is -2.25. The number of thiazole rings is 1. The number of aromatic nitrogens is 1. The van der Waals surface area contributed by atoms with E-state index in [1.54, 1.807) is 0 Å². The molecule has 0 bridgehead atoms. The molecule has 1 atom stereocenters. The summed E-state index contributed by atoms with van der Waals surface area (Å²) in [5, 5.41) is 3.39. The van der Waals surface area contributed by atoms with Crippen LogP contribution in [0.15, 0.2) is 58.9 Å². The van der Waals surface area contributed by atoms with Crippen LogP contribution in [0.3, 0.4) is 0 Å². The Kier molecular flexibility index (Phi) is 8.44. The van der Waals surface area contributed by atoms with Gasteiger partial charge < -0.3 is 15.1 Å². The highest BCUT2D eigenvalue weighted by molar-refractivity contribution is 7.92. The van der Waals surface area contributed by atoms with Gasteiger partial charge in [0.25, 0.3) is 0 Å². The third kappa shape index (κ3) is 6.43. The topological polar surface area (TPSA) is 91.8 Å². The quantitative estimate of drug-likeness (QED) is 0.292. The number of nitrogens with one attached hydrogen (secondary N) is 1. The maximum Gasteiger partial charge on any atom is 0.493 e. The van der Waals surface area contributed by atoms with Crippen LogP contribution >= 0.6 is 22.9 Å². The summed E-state index contributed by atoms with van der Waals surface area (Å²) in [6.45, 7) is 0.466. The molecule has 3 rings (SSSR count). The molecular weight excluding hydrogens is 548 g/mol. The molecule has 0 aliphatic rings. The Morgan fingerprint density at radius 1 is 1.22 bits per heavy atom. The zero-order chi connectivity index (χ0) is 26.7. The predicted octanol–water partition coefficient (Wildman–Crippen LogP) is 4.87. The van der Waals surface area contributed by atoms with Gasteiger partial charge in [-0.2, -0.15) is 21.6 Å². The lowest BCUT2D eigenvalue weighted by atomic mass is 10.1. The van der Waals surface area contributed by atoms with Gasteiger partial charge in [-0.3, -0.25) is 0 Å². The van der Waals surface area contributed by atoms with Crippen LogP contribution in [0.25, 0.3) is 0 Å². The maximum absolute atomic E-state index is 15.1. The number of hydrogen-bond acceptors (Lipinski definition) is 8. The third-order valence-corrected chi connectivity index (χ3v) is 7.29. The molecule has 2 aromatic carbocycles. The molecule has 0 unspecified atom stereocenters. The highest BCUT2D eigenvalue weighted by Crippen LogP contribution is 2.35. The Hall–Kier alpha value is -2.94. The van der Waals surface area contributed by atoms with Gasteiger partial charge in [0.15, 0.2) is 0 Å². The normalized spacial score (nSPS) is 12.9. The van der Waals surface area contributed by atoms with Crippen molar-refractivity contribution < 1.29 is 35.6 Å². The first-order valence-corrected chi connectivity index (χ1v) is 12.7. The summed E-state index contributed by atoms with van der Waals surface area (Å²) in [6, 6.07) is 10.3. The second-order valence-electron chi connectivity index (χ2n) is 7.56. The summed E-state index contributed by atoms with van der Waals surface area (Å²) in [4.78, 5) is 19.8. The van der Waals surface area contributed by atoms with Crippen molar-refractivity contribution in [3.63, 3.8) is 0 Å². The van der Waals surface area contributed by atoms with E-state index in [0.29, 0.717) is 23.9 Å². The Morgan fingerprint density at radius 2 is 1.89 bits per heavy atom. The molecule has 0 radical (unpaired) electrons. The van der Waals surface area contributed by atoms with E-state index in [-0.39, 0.29) is 21.2 Å².